The van der Waals surface area contributed by atoms with Gasteiger partial charge in [-0.1, -0.05) is 40.2 Å². The Morgan fingerprint density at radius 2 is 1.85 bits per heavy atom. The van der Waals surface area contributed by atoms with Crippen LogP contribution in [0.25, 0.3) is 16.9 Å². The average Bonchev–Trinajstić information content (AvgIpc) is 3.38. The summed E-state index contributed by atoms with van der Waals surface area (Å²) in [4.78, 5) is 43.8. The molecule has 2 N–H and O–H groups in total. The Labute approximate surface area is 285 Å². The standard InChI is InChI=1S/C36H35BrN6O5/c1-22-17-25(10-15-30(22)37)35(46)41-20-32-33(34(45)38-18-26-7-4-5-8-29(26)31-9-6-16-39-40-31)43(36(47)42(32)19-23(41)2)27-11-13-28(14-12-27)48-21-24(3)44/h4-17,23-24,44H,18-21H2,1-3H3,(H,38,45)/t23?,24-/m0/s1. The number of hydrogen-bond donors (Lipinski definition) is 2. The van der Waals surface area contributed by atoms with Gasteiger partial charge in [-0.25, -0.2) is 4.79 Å². The van der Waals surface area contributed by atoms with Crippen molar-refractivity contribution in [3.63, 3.8) is 0 Å². The Kier molecular flexibility index (Phi) is 9.56. The number of aryl methyl sites for hydroxylation is 1. The van der Waals surface area contributed by atoms with E-state index in [0.717, 1.165) is 21.2 Å². The zero-order valence-electron chi connectivity index (χ0n) is 26.8. The number of halogens is 1. The van der Waals surface area contributed by atoms with Gasteiger partial charge in [0.15, 0.2) is 0 Å². The Morgan fingerprint density at radius 1 is 1.08 bits per heavy atom. The van der Waals surface area contributed by atoms with Gasteiger partial charge in [0.2, 0.25) is 0 Å². The Morgan fingerprint density at radius 3 is 2.56 bits per heavy atom. The third-order valence-electron chi connectivity index (χ3n) is 8.32. The second-order valence-corrected chi connectivity index (χ2v) is 12.7. The maximum Gasteiger partial charge on any atom is 0.333 e. The summed E-state index contributed by atoms with van der Waals surface area (Å²) >= 11 is 3.50. The summed E-state index contributed by atoms with van der Waals surface area (Å²) in [5, 5.41) is 20.9. The lowest BCUT2D eigenvalue weighted by atomic mass is 10.0. The molecule has 0 bridgehead atoms. The molecule has 3 aromatic carbocycles. The molecule has 2 aromatic heterocycles. The molecule has 6 rings (SSSR count). The number of nitrogens with zero attached hydrogens (tertiary/aromatic N) is 5. The number of imidazole rings is 1. The minimum atomic E-state index is -0.645. The molecule has 48 heavy (non-hydrogen) atoms. The predicted molar refractivity (Wildman–Crippen MR) is 184 cm³/mol. The fraction of sp³-hybridized carbons (Fsp3) is 0.250. The summed E-state index contributed by atoms with van der Waals surface area (Å²) < 4.78 is 9.49. The van der Waals surface area contributed by atoms with Crippen molar-refractivity contribution in [2.75, 3.05) is 6.61 Å². The number of amides is 2. The van der Waals surface area contributed by atoms with Crippen LogP contribution < -0.4 is 15.7 Å². The maximum absolute atomic E-state index is 14.2. The third kappa shape index (κ3) is 6.67. The number of hydrogen-bond acceptors (Lipinski definition) is 7. The molecule has 1 unspecified atom stereocenters. The quantitative estimate of drug-likeness (QED) is 0.223. The van der Waals surface area contributed by atoms with E-state index in [1.807, 2.05) is 56.3 Å². The van der Waals surface area contributed by atoms with E-state index in [0.29, 0.717) is 28.4 Å². The maximum atomic E-state index is 14.2. The third-order valence-corrected chi connectivity index (χ3v) is 9.21. The zero-order valence-corrected chi connectivity index (χ0v) is 28.3. The number of fused-ring (bicyclic) bond motifs is 1. The number of aromatic nitrogens is 4. The molecular weight excluding hydrogens is 676 g/mol. The lowest BCUT2D eigenvalue weighted by molar-refractivity contribution is 0.0610. The van der Waals surface area contributed by atoms with E-state index in [1.54, 1.807) is 59.0 Å². The molecule has 0 fully saturated rings. The molecule has 0 radical (unpaired) electrons. The van der Waals surface area contributed by atoms with E-state index in [9.17, 15) is 19.5 Å². The fourth-order valence-corrected chi connectivity index (χ4v) is 6.09. The predicted octanol–water partition coefficient (Wildman–Crippen LogP) is 4.90. The van der Waals surface area contributed by atoms with Crippen LogP contribution in [0.2, 0.25) is 0 Å². The molecule has 1 aliphatic rings. The van der Waals surface area contributed by atoms with Gasteiger partial charge < -0.3 is 20.1 Å². The lowest BCUT2D eigenvalue weighted by Gasteiger charge is -2.34. The second-order valence-electron chi connectivity index (χ2n) is 11.9. The van der Waals surface area contributed by atoms with Crippen LogP contribution in [-0.4, -0.2) is 59.9 Å². The summed E-state index contributed by atoms with van der Waals surface area (Å²) in [6.07, 6.45) is 0.955. The highest BCUT2D eigenvalue weighted by molar-refractivity contribution is 9.10. The van der Waals surface area contributed by atoms with Gasteiger partial charge in [0, 0.05) is 40.9 Å². The molecule has 0 saturated heterocycles. The van der Waals surface area contributed by atoms with E-state index in [4.69, 9.17) is 4.74 Å². The van der Waals surface area contributed by atoms with Crippen LogP contribution in [0.1, 0.15) is 51.5 Å². The summed E-state index contributed by atoms with van der Waals surface area (Å²) in [5.41, 5.74) is 4.44. The lowest BCUT2D eigenvalue weighted by Crippen LogP contribution is -2.47. The number of carbonyl (C=O) groups excluding carboxylic acids is 2. The average molecular weight is 712 g/mol. The van der Waals surface area contributed by atoms with Crippen molar-refractivity contribution in [1.29, 1.82) is 0 Å². The first-order valence-corrected chi connectivity index (χ1v) is 16.4. The monoisotopic (exact) mass is 710 g/mol. The van der Waals surface area contributed by atoms with Gasteiger partial charge in [-0.15, -0.1) is 0 Å². The Bertz CT molecular complexity index is 2020. The van der Waals surface area contributed by atoms with Crippen LogP contribution in [0.15, 0.2) is 94.3 Å². The topological polar surface area (TPSA) is 132 Å². The van der Waals surface area contributed by atoms with Crippen LogP contribution in [0.4, 0.5) is 0 Å². The van der Waals surface area contributed by atoms with E-state index in [1.165, 1.54) is 4.57 Å². The minimum Gasteiger partial charge on any atom is -0.491 e. The van der Waals surface area contributed by atoms with Crippen LogP contribution in [0.3, 0.4) is 0 Å². The number of ether oxygens (including phenoxy) is 1. The molecule has 2 atom stereocenters. The van der Waals surface area contributed by atoms with Crippen molar-refractivity contribution in [3.05, 3.63) is 128 Å². The van der Waals surface area contributed by atoms with Crippen molar-refractivity contribution >= 4 is 27.7 Å². The van der Waals surface area contributed by atoms with Gasteiger partial charge in [0.1, 0.15) is 18.1 Å². The molecule has 11 nitrogen and oxygen atoms in total. The molecule has 5 aromatic rings. The molecule has 246 valence electrons. The number of benzene rings is 3. The van der Waals surface area contributed by atoms with Crippen LogP contribution in [-0.2, 0) is 19.6 Å². The van der Waals surface area contributed by atoms with E-state index < -0.39 is 12.0 Å². The van der Waals surface area contributed by atoms with Gasteiger partial charge in [-0.3, -0.25) is 18.7 Å². The highest BCUT2D eigenvalue weighted by Crippen LogP contribution is 2.27. The zero-order chi connectivity index (χ0) is 33.9. The number of carbonyl (C=O) groups is 2. The van der Waals surface area contributed by atoms with Gasteiger partial charge >= 0.3 is 5.69 Å². The van der Waals surface area contributed by atoms with Crippen LogP contribution in [0.5, 0.6) is 5.75 Å². The molecular formula is C36H35BrN6O5. The van der Waals surface area contributed by atoms with Gasteiger partial charge in [-0.2, -0.15) is 10.2 Å². The smallest absolute Gasteiger partial charge is 0.333 e. The largest absolute Gasteiger partial charge is 0.491 e. The van der Waals surface area contributed by atoms with E-state index in [2.05, 4.69) is 31.4 Å². The fourth-order valence-electron chi connectivity index (χ4n) is 5.84. The summed E-state index contributed by atoms with van der Waals surface area (Å²) in [7, 11) is 0. The van der Waals surface area contributed by atoms with E-state index >= 15 is 0 Å². The number of aliphatic hydroxyl groups is 1. The van der Waals surface area contributed by atoms with Crippen molar-refractivity contribution in [2.45, 2.75) is 52.6 Å². The molecule has 0 aliphatic carbocycles. The summed E-state index contributed by atoms with van der Waals surface area (Å²) in [5.74, 6) is -0.141. The molecule has 12 heteroatoms. The van der Waals surface area contributed by atoms with Gasteiger partial charge in [-0.05, 0) is 86.5 Å². The SMILES string of the molecule is Cc1cc(C(=O)N2Cc3c(C(=O)NCc4ccccc4-c4cccnn4)n(-c4ccc(OC[C@H](C)O)cc4)c(=O)n3CC2C)ccc1Br. The van der Waals surface area contributed by atoms with Crippen molar-refractivity contribution in [1.82, 2.24) is 29.5 Å². The van der Waals surface area contributed by atoms with Crippen molar-refractivity contribution in [3.8, 4) is 22.7 Å². The van der Waals surface area contributed by atoms with Crippen molar-refractivity contribution < 1.29 is 19.4 Å². The second kappa shape index (κ2) is 14.0. The molecule has 0 spiro atoms. The molecule has 3 heterocycles. The molecule has 2 amide bonds. The van der Waals surface area contributed by atoms with E-state index in [-0.39, 0.29) is 49.6 Å². The molecule has 0 saturated carbocycles. The van der Waals surface area contributed by atoms with Gasteiger partial charge in [0.25, 0.3) is 11.8 Å². The summed E-state index contributed by atoms with van der Waals surface area (Å²) in [6, 6.07) is 23.1. The first-order chi connectivity index (χ1) is 23.1. The molecule has 1 aliphatic heterocycles. The Hall–Kier alpha value is -5.07. The minimum absolute atomic E-state index is 0.0614. The highest BCUT2D eigenvalue weighted by atomic mass is 79.9. The normalized spacial score (nSPS) is 14.7. The first-order valence-electron chi connectivity index (χ1n) is 15.6. The Balaban J connectivity index is 1.38. The van der Waals surface area contributed by atoms with Gasteiger partial charge in [0.05, 0.1) is 29.7 Å². The summed E-state index contributed by atoms with van der Waals surface area (Å²) in [6.45, 7) is 6.00. The van der Waals surface area contributed by atoms with Crippen LogP contribution in [0, 0.1) is 6.92 Å². The number of rotatable bonds is 9. The van der Waals surface area contributed by atoms with Crippen LogP contribution >= 0.6 is 15.9 Å². The van der Waals surface area contributed by atoms with Crippen molar-refractivity contribution in [2.24, 2.45) is 0 Å². The first kappa shape index (κ1) is 32.9. The highest BCUT2D eigenvalue weighted by Gasteiger charge is 2.35. The number of aliphatic hydroxyl groups excluding tert-OH is 1. The number of nitrogens with one attached hydrogen (secondary N) is 1.